The summed E-state index contributed by atoms with van der Waals surface area (Å²) in [7, 11) is 0. The highest BCUT2D eigenvalue weighted by atomic mass is 32.2. The molecule has 1 amide bonds. The van der Waals surface area contributed by atoms with Gasteiger partial charge in [-0.3, -0.25) is 10.1 Å². The maximum absolute atomic E-state index is 11.7. The zero-order chi connectivity index (χ0) is 18.3. The van der Waals surface area contributed by atoms with Crippen molar-refractivity contribution in [3.8, 4) is 0 Å². The molecule has 0 radical (unpaired) electrons. The Kier molecular flexibility index (Phi) is 7.49. The van der Waals surface area contributed by atoms with Gasteiger partial charge in [0.1, 0.15) is 11.6 Å². The number of aliphatic carboxylic acids is 1. The summed E-state index contributed by atoms with van der Waals surface area (Å²) in [6.07, 6.45) is -0.834. The lowest BCUT2D eigenvalue weighted by Crippen LogP contribution is -2.45. The summed E-state index contributed by atoms with van der Waals surface area (Å²) in [4.78, 5) is 34.2. The summed E-state index contributed by atoms with van der Waals surface area (Å²) in [6.45, 7) is 5.00. The van der Waals surface area contributed by atoms with Crippen LogP contribution in [0.4, 0.5) is 4.79 Å². The number of thioether (sulfide) groups is 1. The number of carbonyl (C=O) groups excluding carboxylic acids is 1. The van der Waals surface area contributed by atoms with Crippen molar-refractivity contribution in [2.24, 2.45) is 0 Å². The molecule has 134 valence electrons. The Hall–Kier alpha value is -1.81. The van der Waals surface area contributed by atoms with E-state index < -0.39 is 34.7 Å². The Labute approximate surface area is 147 Å². The van der Waals surface area contributed by atoms with E-state index in [4.69, 9.17) is 9.84 Å². The van der Waals surface area contributed by atoms with Crippen LogP contribution in [0.15, 0.2) is 17.5 Å². The van der Waals surface area contributed by atoms with E-state index in [-0.39, 0.29) is 11.5 Å². The molecule has 0 fully saturated rings. The van der Waals surface area contributed by atoms with E-state index in [2.05, 4.69) is 5.32 Å². The number of thiophene rings is 1. The quantitative estimate of drug-likeness (QED) is 0.529. The predicted molar refractivity (Wildman–Crippen MR) is 92.2 cm³/mol. The standard InChI is InChI=1S/C14H20N2O6S2/c1-14(2,3)22-13(19)15-9(12(17)18)7-23-8-10(16(20)21)11-5-4-6-24-11/h4-6,9-10H,7-8H2,1-3H3,(H,15,19)(H,17,18)/t9-,10?/m0/s1. The van der Waals surface area contributed by atoms with Crippen molar-refractivity contribution in [1.29, 1.82) is 0 Å². The number of carbonyl (C=O) groups is 2. The Morgan fingerprint density at radius 3 is 2.58 bits per heavy atom. The maximum atomic E-state index is 11.7. The number of hydrogen-bond donors (Lipinski definition) is 2. The number of amides is 1. The Morgan fingerprint density at radius 1 is 1.46 bits per heavy atom. The van der Waals surface area contributed by atoms with Gasteiger partial charge < -0.3 is 15.2 Å². The van der Waals surface area contributed by atoms with E-state index in [0.29, 0.717) is 4.88 Å². The molecule has 0 aromatic carbocycles. The average Bonchev–Trinajstić information content (AvgIpc) is 2.93. The van der Waals surface area contributed by atoms with Gasteiger partial charge in [-0.1, -0.05) is 6.07 Å². The zero-order valence-corrected chi connectivity index (χ0v) is 15.2. The van der Waals surface area contributed by atoms with Gasteiger partial charge in [-0.15, -0.1) is 11.3 Å². The molecule has 0 spiro atoms. The van der Waals surface area contributed by atoms with Crippen molar-refractivity contribution in [3.05, 3.63) is 32.5 Å². The Morgan fingerprint density at radius 2 is 2.12 bits per heavy atom. The third-order valence-electron chi connectivity index (χ3n) is 2.68. The third kappa shape index (κ3) is 7.18. The summed E-state index contributed by atoms with van der Waals surface area (Å²) in [5, 5.41) is 24.3. The second-order valence-electron chi connectivity index (χ2n) is 5.89. The average molecular weight is 376 g/mol. The Balaban J connectivity index is 2.56. The summed E-state index contributed by atoms with van der Waals surface area (Å²) in [5.41, 5.74) is -0.740. The number of hydrogen-bond acceptors (Lipinski definition) is 7. The molecular weight excluding hydrogens is 356 g/mol. The van der Waals surface area contributed by atoms with Gasteiger partial charge in [-0.2, -0.15) is 11.8 Å². The van der Waals surface area contributed by atoms with Crippen molar-refractivity contribution in [3.63, 3.8) is 0 Å². The molecule has 0 aliphatic rings. The first-order chi connectivity index (χ1) is 11.1. The molecule has 1 aromatic heterocycles. The minimum absolute atomic E-state index is 0.00426. The van der Waals surface area contributed by atoms with Gasteiger partial charge in [0.15, 0.2) is 0 Å². The topological polar surface area (TPSA) is 119 Å². The van der Waals surface area contributed by atoms with Crippen LogP contribution in [-0.4, -0.2) is 45.2 Å². The van der Waals surface area contributed by atoms with Gasteiger partial charge >= 0.3 is 12.1 Å². The lowest BCUT2D eigenvalue weighted by atomic mass is 10.2. The van der Waals surface area contributed by atoms with Crippen LogP contribution in [0.1, 0.15) is 31.7 Å². The molecule has 1 aromatic rings. The number of carboxylic acids is 1. The van der Waals surface area contributed by atoms with Crippen molar-refractivity contribution in [2.75, 3.05) is 11.5 Å². The fourth-order valence-corrected chi connectivity index (χ4v) is 3.68. The summed E-state index contributed by atoms with van der Waals surface area (Å²) in [5.74, 6) is -1.10. The zero-order valence-electron chi connectivity index (χ0n) is 13.6. The van der Waals surface area contributed by atoms with Gasteiger partial charge in [-0.05, 0) is 32.2 Å². The second kappa shape index (κ2) is 8.88. The van der Waals surface area contributed by atoms with Crippen molar-refractivity contribution in [1.82, 2.24) is 5.32 Å². The smallest absolute Gasteiger partial charge is 0.408 e. The SMILES string of the molecule is CC(C)(C)OC(=O)N[C@@H](CSCC(c1cccs1)[N+](=O)[O-])C(=O)O. The number of ether oxygens (including phenoxy) is 1. The van der Waals surface area contributed by atoms with Gasteiger partial charge in [0.25, 0.3) is 6.04 Å². The first kappa shape index (κ1) is 20.2. The van der Waals surface area contributed by atoms with Gasteiger partial charge in [0.05, 0.1) is 10.6 Å². The highest BCUT2D eigenvalue weighted by Gasteiger charge is 2.27. The molecule has 1 heterocycles. The molecule has 1 rings (SSSR count). The third-order valence-corrected chi connectivity index (χ3v) is 4.77. The van der Waals surface area contributed by atoms with Crippen LogP contribution in [0.3, 0.4) is 0 Å². The molecule has 0 aliphatic heterocycles. The van der Waals surface area contributed by atoms with E-state index in [1.807, 2.05) is 0 Å². The van der Waals surface area contributed by atoms with Crippen LogP contribution in [0.25, 0.3) is 0 Å². The largest absolute Gasteiger partial charge is 0.480 e. The molecule has 0 saturated heterocycles. The molecule has 24 heavy (non-hydrogen) atoms. The molecule has 10 heteroatoms. The normalized spacial score (nSPS) is 13.8. The van der Waals surface area contributed by atoms with E-state index in [9.17, 15) is 19.7 Å². The number of nitrogens with zero attached hydrogens (tertiary/aromatic N) is 1. The maximum Gasteiger partial charge on any atom is 0.408 e. The van der Waals surface area contributed by atoms with E-state index in [1.165, 1.54) is 11.3 Å². The van der Waals surface area contributed by atoms with Crippen LogP contribution < -0.4 is 5.32 Å². The molecule has 0 bridgehead atoms. The number of carboxylic acid groups (broad SMARTS) is 1. The molecule has 8 nitrogen and oxygen atoms in total. The summed E-state index contributed by atoms with van der Waals surface area (Å²) < 4.78 is 5.01. The molecule has 2 atom stereocenters. The monoisotopic (exact) mass is 376 g/mol. The first-order valence-corrected chi connectivity index (χ1v) is 9.10. The highest BCUT2D eigenvalue weighted by Crippen LogP contribution is 2.25. The fraction of sp³-hybridized carbons (Fsp3) is 0.571. The lowest BCUT2D eigenvalue weighted by molar-refractivity contribution is -0.522. The molecule has 0 aliphatic carbocycles. The molecule has 0 saturated carbocycles. The van der Waals surface area contributed by atoms with Crippen molar-refractivity contribution >= 4 is 35.2 Å². The summed E-state index contributed by atoms with van der Waals surface area (Å²) in [6, 6.07) is 1.32. The van der Waals surface area contributed by atoms with Crippen LogP contribution in [0.2, 0.25) is 0 Å². The number of rotatable bonds is 8. The predicted octanol–water partition coefficient (Wildman–Crippen LogP) is 2.78. The van der Waals surface area contributed by atoms with E-state index in [1.54, 1.807) is 38.3 Å². The van der Waals surface area contributed by atoms with E-state index in [0.717, 1.165) is 11.8 Å². The number of nitro groups is 1. The van der Waals surface area contributed by atoms with Crippen LogP contribution in [0, 0.1) is 10.1 Å². The van der Waals surface area contributed by atoms with E-state index >= 15 is 0 Å². The minimum Gasteiger partial charge on any atom is -0.480 e. The van der Waals surface area contributed by atoms with Crippen LogP contribution in [0.5, 0.6) is 0 Å². The van der Waals surface area contributed by atoms with Gasteiger partial charge in [0, 0.05) is 10.7 Å². The van der Waals surface area contributed by atoms with Crippen molar-refractivity contribution in [2.45, 2.75) is 38.5 Å². The molecular formula is C14H20N2O6S2. The molecule has 2 N–H and O–H groups in total. The van der Waals surface area contributed by atoms with Gasteiger partial charge in [-0.25, -0.2) is 9.59 Å². The number of nitrogens with one attached hydrogen (secondary N) is 1. The summed E-state index contributed by atoms with van der Waals surface area (Å²) >= 11 is 2.38. The van der Waals surface area contributed by atoms with Crippen molar-refractivity contribution < 1.29 is 24.4 Å². The highest BCUT2D eigenvalue weighted by molar-refractivity contribution is 7.99. The second-order valence-corrected chi connectivity index (χ2v) is 7.95. The molecule has 1 unspecified atom stereocenters. The van der Waals surface area contributed by atoms with Crippen LogP contribution >= 0.6 is 23.1 Å². The fourth-order valence-electron chi connectivity index (χ4n) is 1.65. The Bertz CT molecular complexity index is 570. The lowest BCUT2D eigenvalue weighted by Gasteiger charge is -2.22. The first-order valence-electron chi connectivity index (χ1n) is 7.07. The number of alkyl carbamates (subject to hydrolysis) is 1. The minimum atomic E-state index is -1.22. The van der Waals surface area contributed by atoms with Gasteiger partial charge in [0.2, 0.25) is 0 Å². The van der Waals surface area contributed by atoms with Crippen LogP contribution in [-0.2, 0) is 9.53 Å².